The minimum absolute atomic E-state index is 0.403. The summed E-state index contributed by atoms with van der Waals surface area (Å²) in [6.07, 6.45) is 1.71. The van der Waals surface area contributed by atoms with E-state index in [0.29, 0.717) is 17.5 Å². The fraction of sp³-hybridized carbons (Fsp3) is 1.00. The Labute approximate surface area is 92.8 Å². The van der Waals surface area contributed by atoms with Crippen LogP contribution in [0, 0.1) is 11.8 Å². The van der Waals surface area contributed by atoms with E-state index in [0.717, 1.165) is 24.7 Å². The Morgan fingerprint density at radius 1 is 1.13 bits per heavy atom. The summed E-state index contributed by atoms with van der Waals surface area (Å²) in [5, 5.41) is 0. The molecule has 2 aliphatic heterocycles. The van der Waals surface area contributed by atoms with Gasteiger partial charge >= 0.3 is 0 Å². The van der Waals surface area contributed by atoms with Gasteiger partial charge in [-0.2, -0.15) is 0 Å². The van der Waals surface area contributed by atoms with Crippen molar-refractivity contribution >= 4 is 9.84 Å². The molecule has 2 rings (SSSR count). The highest BCUT2D eigenvalue weighted by atomic mass is 32.2. The van der Waals surface area contributed by atoms with E-state index < -0.39 is 9.84 Å². The standard InChI is InChI=1S/C11H21NO2S/c1-9(2)10-7-12(8-10)11-3-5-15(13,14)6-4-11/h9-11H,3-8H2,1-2H3. The Kier molecular flexibility index (Phi) is 3.08. The lowest BCUT2D eigenvalue weighted by Crippen LogP contribution is -2.55. The molecule has 0 radical (unpaired) electrons. The van der Waals surface area contributed by atoms with Gasteiger partial charge in [-0.3, -0.25) is 4.90 Å². The van der Waals surface area contributed by atoms with Crippen LogP contribution >= 0.6 is 0 Å². The van der Waals surface area contributed by atoms with Crippen molar-refractivity contribution < 1.29 is 8.42 Å². The highest BCUT2D eigenvalue weighted by Crippen LogP contribution is 2.29. The van der Waals surface area contributed by atoms with Gasteiger partial charge in [-0.05, 0) is 24.7 Å². The second-order valence-corrected chi connectivity index (χ2v) is 7.64. The molecule has 0 saturated carbocycles. The lowest BCUT2D eigenvalue weighted by molar-refractivity contribution is 0.0240. The first-order valence-corrected chi connectivity index (χ1v) is 7.74. The number of hydrogen-bond acceptors (Lipinski definition) is 3. The van der Waals surface area contributed by atoms with Crippen molar-refractivity contribution in [3.63, 3.8) is 0 Å². The van der Waals surface area contributed by atoms with E-state index in [1.807, 2.05) is 0 Å². The second kappa shape index (κ2) is 4.06. The molecule has 0 unspecified atom stereocenters. The summed E-state index contributed by atoms with van der Waals surface area (Å²) in [5.41, 5.74) is 0. The first-order chi connectivity index (χ1) is 6.98. The monoisotopic (exact) mass is 231 g/mol. The second-order valence-electron chi connectivity index (χ2n) is 5.34. The van der Waals surface area contributed by atoms with Crippen molar-refractivity contribution in [3.05, 3.63) is 0 Å². The molecular weight excluding hydrogens is 210 g/mol. The van der Waals surface area contributed by atoms with E-state index in [2.05, 4.69) is 18.7 Å². The summed E-state index contributed by atoms with van der Waals surface area (Å²) in [5.74, 6) is 2.42. The fourth-order valence-electron chi connectivity index (χ4n) is 2.51. The average Bonchev–Trinajstić information content (AvgIpc) is 2.04. The number of hydrogen-bond donors (Lipinski definition) is 0. The number of sulfone groups is 1. The van der Waals surface area contributed by atoms with Gasteiger partial charge < -0.3 is 0 Å². The maximum atomic E-state index is 11.3. The molecular formula is C11H21NO2S. The summed E-state index contributed by atoms with van der Waals surface area (Å²) in [7, 11) is -2.69. The van der Waals surface area contributed by atoms with E-state index in [-0.39, 0.29) is 0 Å². The molecule has 88 valence electrons. The normalized spacial score (nSPS) is 29.3. The fourth-order valence-corrected chi connectivity index (χ4v) is 3.98. The van der Waals surface area contributed by atoms with Crippen LogP contribution in [0.25, 0.3) is 0 Å². The quantitative estimate of drug-likeness (QED) is 0.715. The topological polar surface area (TPSA) is 37.4 Å². The first kappa shape index (κ1) is 11.4. The molecule has 0 aliphatic carbocycles. The maximum absolute atomic E-state index is 11.3. The Morgan fingerprint density at radius 2 is 1.67 bits per heavy atom. The molecule has 15 heavy (non-hydrogen) atoms. The molecule has 0 aromatic rings. The smallest absolute Gasteiger partial charge is 0.150 e. The van der Waals surface area contributed by atoms with Crippen LogP contribution in [0.2, 0.25) is 0 Å². The molecule has 2 saturated heterocycles. The van der Waals surface area contributed by atoms with Crippen molar-refractivity contribution in [3.8, 4) is 0 Å². The summed E-state index contributed by atoms with van der Waals surface area (Å²) in [6, 6.07) is 0.545. The largest absolute Gasteiger partial charge is 0.300 e. The van der Waals surface area contributed by atoms with Crippen LogP contribution in [-0.4, -0.2) is 44.0 Å². The summed E-state index contributed by atoms with van der Waals surface area (Å²) in [4.78, 5) is 2.47. The molecule has 0 N–H and O–H groups in total. The van der Waals surface area contributed by atoms with Gasteiger partial charge in [-0.25, -0.2) is 8.42 Å². The van der Waals surface area contributed by atoms with Crippen LogP contribution in [0.5, 0.6) is 0 Å². The van der Waals surface area contributed by atoms with Gasteiger partial charge in [0.05, 0.1) is 11.5 Å². The summed E-state index contributed by atoms with van der Waals surface area (Å²) in [6.45, 7) is 6.91. The third-order valence-electron chi connectivity index (χ3n) is 3.92. The molecule has 2 heterocycles. The zero-order valence-electron chi connectivity index (χ0n) is 9.65. The molecule has 0 aromatic heterocycles. The minimum atomic E-state index is -2.69. The number of rotatable bonds is 2. The van der Waals surface area contributed by atoms with Crippen molar-refractivity contribution in [2.45, 2.75) is 32.7 Å². The molecule has 0 atom stereocenters. The van der Waals surface area contributed by atoms with Gasteiger partial charge in [0.2, 0.25) is 0 Å². The van der Waals surface area contributed by atoms with Gasteiger partial charge in [0, 0.05) is 19.1 Å². The van der Waals surface area contributed by atoms with Crippen molar-refractivity contribution in [1.29, 1.82) is 0 Å². The minimum Gasteiger partial charge on any atom is -0.300 e. The Morgan fingerprint density at radius 3 is 2.13 bits per heavy atom. The number of nitrogens with zero attached hydrogens (tertiary/aromatic N) is 1. The zero-order chi connectivity index (χ0) is 11.1. The lowest BCUT2D eigenvalue weighted by atomic mass is 9.86. The summed E-state index contributed by atoms with van der Waals surface area (Å²) < 4.78 is 22.6. The highest BCUT2D eigenvalue weighted by molar-refractivity contribution is 7.91. The van der Waals surface area contributed by atoms with E-state index in [1.54, 1.807) is 0 Å². The molecule has 3 nitrogen and oxygen atoms in total. The molecule has 0 aromatic carbocycles. The van der Waals surface area contributed by atoms with Gasteiger partial charge in [0.15, 0.2) is 0 Å². The average molecular weight is 231 g/mol. The maximum Gasteiger partial charge on any atom is 0.150 e. The Balaban J connectivity index is 1.79. The lowest BCUT2D eigenvalue weighted by Gasteiger charge is -2.47. The SMILES string of the molecule is CC(C)C1CN(C2CCS(=O)(=O)CC2)C1. The zero-order valence-corrected chi connectivity index (χ0v) is 10.5. The highest BCUT2D eigenvalue weighted by Gasteiger charge is 2.36. The molecule has 2 aliphatic rings. The molecule has 0 amide bonds. The van der Waals surface area contributed by atoms with Crippen LogP contribution in [0.4, 0.5) is 0 Å². The number of likely N-dealkylation sites (tertiary alicyclic amines) is 1. The van der Waals surface area contributed by atoms with Crippen LogP contribution in [0.3, 0.4) is 0 Å². The van der Waals surface area contributed by atoms with Crippen LogP contribution in [0.1, 0.15) is 26.7 Å². The van der Waals surface area contributed by atoms with Gasteiger partial charge in [0.25, 0.3) is 0 Å². The van der Waals surface area contributed by atoms with E-state index in [1.165, 1.54) is 13.1 Å². The third-order valence-corrected chi connectivity index (χ3v) is 5.64. The first-order valence-electron chi connectivity index (χ1n) is 5.92. The van der Waals surface area contributed by atoms with Crippen LogP contribution in [0.15, 0.2) is 0 Å². The summed E-state index contributed by atoms with van der Waals surface area (Å²) >= 11 is 0. The van der Waals surface area contributed by atoms with Crippen molar-refractivity contribution in [2.75, 3.05) is 24.6 Å². The van der Waals surface area contributed by atoms with Crippen molar-refractivity contribution in [1.82, 2.24) is 4.90 Å². The Bertz CT molecular complexity index is 303. The Hall–Kier alpha value is -0.0900. The van der Waals surface area contributed by atoms with Crippen LogP contribution in [-0.2, 0) is 9.84 Å². The molecule has 4 heteroatoms. The predicted molar refractivity (Wildman–Crippen MR) is 61.6 cm³/mol. The van der Waals surface area contributed by atoms with E-state index >= 15 is 0 Å². The third kappa shape index (κ3) is 2.53. The van der Waals surface area contributed by atoms with E-state index in [4.69, 9.17) is 0 Å². The van der Waals surface area contributed by atoms with Crippen molar-refractivity contribution in [2.24, 2.45) is 11.8 Å². The molecule has 2 fully saturated rings. The van der Waals surface area contributed by atoms with Gasteiger partial charge in [0.1, 0.15) is 9.84 Å². The van der Waals surface area contributed by atoms with E-state index in [9.17, 15) is 8.42 Å². The van der Waals surface area contributed by atoms with Gasteiger partial charge in [-0.1, -0.05) is 13.8 Å². The van der Waals surface area contributed by atoms with Crippen LogP contribution < -0.4 is 0 Å². The van der Waals surface area contributed by atoms with Gasteiger partial charge in [-0.15, -0.1) is 0 Å². The predicted octanol–water partition coefficient (Wildman–Crippen LogP) is 1.15. The molecule has 0 spiro atoms. The molecule has 0 bridgehead atoms.